The van der Waals surface area contributed by atoms with Crippen LogP contribution in [0.1, 0.15) is 43.4 Å². The van der Waals surface area contributed by atoms with E-state index in [9.17, 15) is 0 Å². The molecular weight excluding hydrogens is 268 g/mol. The third kappa shape index (κ3) is 2.87. The van der Waals surface area contributed by atoms with Crippen LogP contribution in [0, 0.1) is 6.92 Å². The molecular formula is C15H22N4S. The van der Waals surface area contributed by atoms with Crippen molar-refractivity contribution < 1.29 is 0 Å². The van der Waals surface area contributed by atoms with Crippen LogP contribution in [0.5, 0.6) is 0 Å². The Morgan fingerprint density at radius 2 is 1.90 bits per heavy atom. The van der Waals surface area contributed by atoms with Gasteiger partial charge in [0.2, 0.25) is 5.95 Å². The second-order valence-electron chi connectivity index (χ2n) is 5.55. The van der Waals surface area contributed by atoms with E-state index in [-0.39, 0.29) is 0 Å². The SMILES string of the molecule is CNc1nc(NC2CCCCCC2)c2cc(C)sc2n1. The summed E-state index contributed by atoms with van der Waals surface area (Å²) in [4.78, 5) is 11.5. The Hall–Kier alpha value is -1.36. The average Bonchev–Trinajstić information content (AvgIpc) is 2.65. The van der Waals surface area contributed by atoms with Gasteiger partial charge in [0.05, 0.1) is 5.39 Å². The molecule has 0 atom stereocenters. The summed E-state index contributed by atoms with van der Waals surface area (Å²) >= 11 is 1.73. The van der Waals surface area contributed by atoms with Crippen molar-refractivity contribution in [2.75, 3.05) is 17.7 Å². The topological polar surface area (TPSA) is 49.8 Å². The molecule has 0 unspecified atom stereocenters. The summed E-state index contributed by atoms with van der Waals surface area (Å²) < 4.78 is 0. The summed E-state index contributed by atoms with van der Waals surface area (Å²) in [6.07, 6.45) is 7.90. The van der Waals surface area contributed by atoms with Gasteiger partial charge < -0.3 is 10.6 Å². The fraction of sp³-hybridized carbons (Fsp3) is 0.600. The molecule has 2 aromatic heterocycles. The zero-order valence-electron chi connectivity index (χ0n) is 12.2. The molecule has 20 heavy (non-hydrogen) atoms. The third-order valence-corrected chi connectivity index (χ3v) is 4.88. The predicted octanol–water partition coefficient (Wildman–Crippen LogP) is 4.18. The summed E-state index contributed by atoms with van der Waals surface area (Å²) in [7, 11) is 1.87. The van der Waals surface area contributed by atoms with Gasteiger partial charge in [-0.15, -0.1) is 11.3 Å². The second kappa shape index (κ2) is 5.95. The summed E-state index contributed by atoms with van der Waals surface area (Å²) in [5, 5.41) is 7.89. The molecule has 0 spiro atoms. The van der Waals surface area contributed by atoms with Gasteiger partial charge >= 0.3 is 0 Å². The Balaban J connectivity index is 1.92. The smallest absolute Gasteiger partial charge is 0.225 e. The molecule has 1 saturated carbocycles. The number of hydrogen-bond donors (Lipinski definition) is 2. The van der Waals surface area contributed by atoms with Crippen molar-refractivity contribution in [3.8, 4) is 0 Å². The molecule has 5 heteroatoms. The van der Waals surface area contributed by atoms with E-state index in [1.54, 1.807) is 11.3 Å². The molecule has 0 aromatic carbocycles. The maximum Gasteiger partial charge on any atom is 0.225 e. The van der Waals surface area contributed by atoms with Crippen LogP contribution in [0.15, 0.2) is 6.07 Å². The molecule has 0 radical (unpaired) electrons. The van der Waals surface area contributed by atoms with Crippen LogP contribution in [0.2, 0.25) is 0 Å². The first kappa shape index (κ1) is 13.6. The Labute approximate surface area is 124 Å². The van der Waals surface area contributed by atoms with Gasteiger partial charge in [0, 0.05) is 18.0 Å². The lowest BCUT2D eigenvalue weighted by Gasteiger charge is -2.17. The van der Waals surface area contributed by atoms with Crippen molar-refractivity contribution >= 4 is 33.3 Å². The average molecular weight is 290 g/mol. The van der Waals surface area contributed by atoms with Crippen molar-refractivity contribution in [2.45, 2.75) is 51.5 Å². The van der Waals surface area contributed by atoms with Crippen LogP contribution in [0.4, 0.5) is 11.8 Å². The molecule has 4 nitrogen and oxygen atoms in total. The minimum atomic E-state index is 0.556. The number of hydrogen-bond acceptors (Lipinski definition) is 5. The minimum absolute atomic E-state index is 0.556. The van der Waals surface area contributed by atoms with E-state index in [4.69, 9.17) is 0 Å². The molecule has 2 heterocycles. The number of fused-ring (bicyclic) bond motifs is 1. The van der Waals surface area contributed by atoms with E-state index in [2.05, 4.69) is 33.6 Å². The fourth-order valence-electron chi connectivity index (χ4n) is 2.88. The molecule has 0 saturated heterocycles. The Morgan fingerprint density at radius 1 is 1.15 bits per heavy atom. The molecule has 2 N–H and O–H groups in total. The van der Waals surface area contributed by atoms with Gasteiger partial charge in [0.15, 0.2) is 0 Å². The van der Waals surface area contributed by atoms with E-state index < -0.39 is 0 Å². The van der Waals surface area contributed by atoms with Crippen LogP contribution in [-0.2, 0) is 0 Å². The number of thiophene rings is 1. The zero-order valence-corrected chi connectivity index (χ0v) is 13.0. The predicted molar refractivity (Wildman–Crippen MR) is 86.8 cm³/mol. The van der Waals surface area contributed by atoms with Crippen molar-refractivity contribution in [1.29, 1.82) is 0 Å². The molecule has 1 aliphatic carbocycles. The van der Waals surface area contributed by atoms with Crippen molar-refractivity contribution in [2.24, 2.45) is 0 Å². The van der Waals surface area contributed by atoms with Crippen LogP contribution in [-0.4, -0.2) is 23.1 Å². The summed E-state index contributed by atoms with van der Waals surface area (Å²) in [5.41, 5.74) is 0. The van der Waals surface area contributed by atoms with Gasteiger partial charge in [-0.2, -0.15) is 4.98 Å². The largest absolute Gasteiger partial charge is 0.367 e. The summed E-state index contributed by atoms with van der Waals surface area (Å²) in [6.45, 7) is 2.13. The van der Waals surface area contributed by atoms with E-state index in [0.29, 0.717) is 12.0 Å². The first-order chi connectivity index (χ1) is 9.76. The summed E-state index contributed by atoms with van der Waals surface area (Å²) in [6, 6.07) is 2.75. The first-order valence-electron chi connectivity index (χ1n) is 7.49. The number of rotatable bonds is 3. The lowest BCUT2D eigenvalue weighted by Crippen LogP contribution is -2.19. The number of nitrogens with zero attached hydrogens (tertiary/aromatic N) is 2. The molecule has 3 rings (SSSR count). The van der Waals surface area contributed by atoms with Crippen molar-refractivity contribution in [3.05, 3.63) is 10.9 Å². The van der Waals surface area contributed by atoms with Crippen LogP contribution in [0.3, 0.4) is 0 Å². The number of aromatic nitrogens is 2. The van der Waals surface area contributed by atoms with Crippen molar-refractivity contribution in [1.82, 2.24) is 9.97 Å². The van der Waals surface area contributed by atoms with Crippen LogP contribution >= 0.6 is 11.3 Å². The zero-order chi connectivity index (χ0) is 13.9. The molecule has 2 aromatic rings. The van der Waals surface area contributed by atoms with Gasteiger partial charge in [-0.1, -0.05) is 25.7 Å². The van der Waals surface area contributed by atoms with E-state index >= 15 is 0 Å². The minimum Gasteiger partial charge on any atom is -0.367 e. The van der Waals surface area contributed by atoms with Gasteiger partial charge in [0.25, 0.3) is 0 Å². The van der Waals surface area contributed by atoms with Gasteiger partial charge in [-0.25, -0.2) is 4.98 Å². The van der Waals surface area contributed by atoms with E-state index in [1.165, 1.54) is 43.4 Å². The normalized spacial score (nSPS) is 17.1. The molecule has 108 valence electrons. The van der Waals surface area contributed by atoms with E-state index in [0.717, 1.165) is 16.0 Å². The first-order valence-corrected chi connectivity index (χ1v) is 8.30. The van der Waals surface area contributed by atoms with Crippen LogP contribution in [0.25, 0.3) is 10.2 Å². The molecule has 0 aliphatic heterocycles. The van der Waals surface area contributed by atoms with Gasteiger partial charge in [-0.3, -0.25) is 0 Å². The van der Waals surface area contributed by atoms with Crippen LogP contribution < -0.4 is 10.6 Å². The number of nitrogens with one attached hydrogen (secondary N) is 2. The molecule has 0 amide bonds. The lowest BCUT2D eigenvalue weighted by atomic mass is 10.1. The standard InChI is InChI=1S/C15H22N4S/c1-10-9-12-13(17-11-7-5-3-4-6-8-11)18-15(16-2)19-14(12)20-10/h9,11H,3-8H2,1-2H3,(H2,16,17,18,19). The molecule has 1 aliphatic rings. The summed E-state index contributed by atoms with van der Waals surface area (Å²) in [5.74, 6) is 1.70. The molecule has 1 fully saturated rings. The lowest BCUT2D eigenvalue weighted by molar-refractivity contribution is 0.618. The Bertz CT molecular complexity index is 585. The quantitative estimate of drug-likeness (QED) is 0.833. The maximum absolute atomic E-state index is 4.63. The highest BCUT2D eigenvalue weighted by atomic mass is 32.1. The fourth-order valence-corrected chi connectivity index (χ4v) is 3.76. The third-order valence-electron chi connectivity index (χ3n) is 3.94. The Kier molecular flexibility index (Phi) is 4.05. The van der Waals surface area contributed by atoms with Crippen molar-refractivity contribution in [3.63, 3.8) is 0 Å². The molecule has 0 bridgehead atoms. The van der Waals surface area contributed by atoms with Gasteiger partial charge in [0.1, 0.15) is 10.6 Å². The highest BCUT2D eigenvalue weighted by Crippen LogP contribution is 2.31. The highest BCUT2D eigenvalue weighted by molar-refractivity contribution is 7.18. The van der Waals surface area contributed by atoms with E-state index in [1.807, 2.05) is 7.05 Å². The van der Waals surface area contributed by atoms with Gasteiger partial charge in [-0.05, 0) is 25.8 Å². The Morgan fingerprint density at radius 3 is 2.60 bits per heavy atom. The number of anilines is 2. The monoisotopic (exact) mass is 290 g/mol. The maximum atomic E-state index is 4.63. The second-order valence-corrected chi connectivity index (χ2v) is 6.79. The highest BCUT2D eigenvalue weighted by Gasteiger charge is 2.16. The number of aryl methyl sites for hydroxylation is 1.